The third-order valence-electron chi connectivity index (χ3n) is 6.08. The highest BCUT2D eigenvalue weighted by Crippen LogP contribution is 2.36. The average Bonchev–Trinajstić information content (AvgIpc) is 2.79. The third-order valence-corrected chi connectivity index (χ3v) is 6.08. The standard InChI is InChI=1S/C23H26F3N5O/c1-13(15-5-4-6-16(19(15)24)20(25)26)29-21-18-11-17(14-7-9-31(2)10-8-14)23(32-3)30-22(18)28-12-27-21/h4-6,11-14,20H,7-10H2,1-3H3,(H,27,28,29,30)/t13-/m1/s1. The van der Waals surface area contributed by atoms with E-state index in [1.807, 2.05) is 6.07 Å². The average molecular weight is 445 g/mol. The van der Waals surface area contributed by atoms with Gasteiger partial charge in [-0.2, -0.15) is 4.98 Å². The molecule has 0 amide bonds. The number of halogens is 3. The number of rotatable bonds is 6. The number of hydrogen-bond acceptors (Lipinski definition) is 6. The number of hydrogen-bond donors (Lipinski definition) is 1. The van der Waals surface area contributed by atoms with Crippen LogP contribution in [0.2, 0.25) is 0 Å². The Morgan fingerprint density at radius 3 is 2.56 bits per heavy atom. The van der Waals surface area contributed by atoms with Gasteiger partial charge in [0, 0.05) is 11.1 Å². The van der Waals surface area contributed by atoms with Gasteiger partial charge in [-0.05, 0) is 51.9 Å². The monoisotopic (exact) mass is 445 g/mol. The summed E-state index contributed by atoms with van der Waals surface area (Å²) in [6.07, 6.45) is 0.456. The normalized spacial score (nSPS) is 16.5. The number of nitrogens with one attached hydrogen (secondary N) is 1. The molecule has 0 spiro atoms. The molecule has 0 saturated carbocycles. The minimum absolute atomic E-state index is 0.145. The number of ether oxygens (including phenoxy) is 1. The van der Waals surface area contributed by atoms with E-state index in [2.05, 4.69) is 32.2 Å². The van der Waals surface area contributed by atoms with Gasteiger partial charge in [-0.3, -0.25) is 0 Å². The van der Waals surface area contributed by atoms with Crippen molar-refractivity contribution in [3.63, 3.8) is 0 Å². The summed E-state index contributed by atoms with van der Waals surface area (Å²) in [6, 6.07) is 5.41. The van der Waals surface area contributed by atoms with Gasteiger partial charge in [0.05, 0.1) is 24.1 Å². The Morgan fingerprint density at radius 1 is 1.16 bits per heavy atom. The van der Waals surface area contributed by atoms with Crippen LogP contribution < -0.4 is 10.1 Å². The number of aromatic nitrogens is 3. The highest BCUT2D eigenvalue weighted by Gasteiger charge is 2.25. The molecule has 0 radical (unpaired) electrons. The van der Waals surface area contributed by atoms with E-state index in [9.17, 15) is 13.2 Å². The molecular formula is C23H26F3N5O. The Hall–Kier alpha value is -2.94. The maximum absolute atomic E-state index is 14.6. The van der Waals surface area contributed by atoms with E-state index in [0.717, 1.165) is 37.6 Å². The van der Waals surface area contributed by atoms with Gasteiger partial charge in [0.15, 0.2) is 5.65 Å². The molecule has 9 heteroatoms. The Labute approximate surface area is 184 Å². The number of alkyl halides is 2. The number of anilines is 1. The maximum atomic E-state index is 14.6. The fourth-order valence-electron chi connectivity index (χ4n) is 4.23. The first-order valence-electron chi connectivity index (χ1n) is 10.6. The lowest BCUT2D eigenvalue weighted by Crippen LogP contribution is -2.29. The lowest BCUT2D eigenvalue weighted by Gasteiger charge is -2.29. The first kappa shape index (κ1) is 22.3. The van der Waals surface area contributed by atoms with E-state index in [1.54, 1.807) is 14.0 Å². The van der Waals surface area contributed by atoms with Crippen LogP contribution in [0.4, 0.5) is 19.0 Å². The molecule has 1 aliphatic rings. The van der Waals surface area contributed by atoms with Crippen molar-refractivity contribution in [1.82, 2.24) is 19.9 Å². The molecular weight excluding hydrogens is 419 g/mol. The van der Waals surface area contributed by atoms with E-state index >= 15 is 0 Å². The van der Waals surface area contributed by atoms with Gasteiger partial charge >= 0.3 is 0 Å². The van der Waals surface area contributed by atoms with Crippen LogP contribution in [-0.4, -0.2) is 47.1 Å². The zero-order valence-corrected chi connectivity index (χ0v) is 18.3. The Balaban J connectivity index is 1.70. The van der Waals surface area contributed by atoms with Crippen molar-refractivity contribution < 1.29 is 17.9 Å². The SMILES string of the molecule is COc1nc2ncnc(N[C@H](C)c3cccc(C(F)F)c3F)c2cc1C1CCN(C)CC1. The molecule has 1 fully saturated rings. The number of methoxy groups -OCH3 is 1. The van der Waals surface area contributed by atoms with Crippen molar-refractivity contribution in [2.75, 3.05) is 32.6 Å². The van der Waals surface area contributed by atoms with Crippen LogP contribution in [-0.2, 0) is 0 Å². The van der Waals surface area contributed by atoms with E-state index in [-0.39, 0.29) is 5.56 Å². The first-order valence-corrected chi connectivity index (χ1v) is 10.6. The van der Waals surface area contributed by atoms with Crippen molar-refractivity contribution in [2.24, 2.45) is 0 Å². The molecule has 2 aromatic heterocycles. The highest BCUT2D eigenvalue weighted by atomic mass is 19.3. The predicted molar refractivity (Wildman–Crippen MR) is 117 cm³/mol. The van der Waals surface area contributed by atoms with Gasteiger partial charge < -0.3 is 15.0 Å². The van der Waals surface area contributed by atoms with Gasteiger partial charge in [-0.25, -0.2) is 23.1 Å². The van der Waals surface area contributed by atoms with Gasteiger partial charge in [-0.1, -0.05) is 18.2 Å². The predicted octanol–water partition coefficient (Wildman–Crippen LogP) is 5.09. The van der Waals surface area contributed by atoms with Crippen molar-refractivity contribution in [3.05, 3.63) is 53.1 Å². The minimum Gasteiger partial charge on any atom is -0.481 e. The highest BCUT2D eigenvalue weighted by molar-refractivity contribution is 5.87. The van der Waals surface area contributed by atoms with Crippen LogP contribution in [0, 0.1) is 5.82 Å². The molecule has 1 atom stereocenters. The molecule has 1 aliphatic heterocycles. The molecule has 4 rings (SSSR count). The summed E-state index contributed by atoms with van der Waals surface area (Å²) in [7, 11) is 3.69. The minimum atomic E-state index is -2.88. The summed E-state index contributed by atoms with van der Waals surface area (Å²) in [6.45, 7) is 3.68. The Kier molecular flexibility index (Phi) is 6.45. The lowest BCUT2D eigenvalue weighted by molar-refractivity contribution is 0.146. The zero-order valence-electron chi connectivity index (χ0n) is 18.3. The van der Waals surface area contributed by atoms with Crippen molar-refractivity contribution in [3.8, 4) is 5.88 Å². The number of pyridine rings is 1. The van der Waals surface area contributed by atoms with E-state index < -0.39 is 23.8 Å². The van der Waals surface area contributed by atoms with E-state index in [1.165, 1.54) is 18.5 Å². The molecule has 3 heterocycles. The Bertz CT molecular complexity index is 1100. The summed E-state index contributed by atoms with van der Waals surface area (Å²) in [5.74, 6) is 0.394. The van der Waals surface area contributed by atoms with Crippen LogP contribution in [0.3, 0.4) is 0 Å². The largest absolute Gasteiger partial charge is 0.481 e. The molecule has 1 aromatic carbocycles. The molecule has 32 heavy (non-hydrogen) atoms. The van der Waals surface area contributed by atoms with Gasteiger partial charge in [0.25, 0.3) is 6.43 Å². The number of piperidine rings is 1. The summed E-state index contributed by atoms with van der Waals surface area (Å²) in [4.78, 5) is 15.5. The van der Waals surface area contributed by atoms with E-state index in [4.69, 9.17) is 4.74 Å². The smallest absolute Gasteiger partial charge is 0.266 e. The molecule has 0 aliphatic carbocycles. The number of nitrogens with zero attached hydrogens (tertiary/aromatic N) is 4. The summed E-state index contributed by atoms with van der Waals surface area (Å²) in [5, 5.41) is 3.84. The topological polar surface area (TPSA) is 63.2 Å². The van der Waals surface area contributed by atoms with Crippen LogP contribution in [0.25, 0.3) is 11.0 Å². The second kappa shape index (κ2) is 9.28. The molecule has 6 nitrogen and oxygen atoms in total. The molecule has 1 saturated heterocycles. The van der Waals surface area contributed by atoms with Crippen molar-refractivity contribution in [2.45, 2.75) is 38.2 Å². The summed E-state index contributed by atoms with van der Waals surface area (Å²) < 4.78 is 46.4. The van der Waals surface area contributed by atoms with Gasteiger partial charge in [0.2, 0.25) is 5.88 Å². The van der Waals surface area contributed by atoms with Crippen molar-refractivity contribution >= 4 is 16.9 Å². The van der Waals surface area contributed by atoms with Crippen LogP contribution in [0.15, 0.2) is 30.6 Å². The van der Waals surface area contributed by atoms with Crippen LogP contribution in [0.1, 0.15) is 54.8 Å². The third kappa shape index (κ3) is 4.34. The second-order valence-corrected chi connectivity index (χ2v) is 8.18. The summed E-state index contributed by atoms with van der Waals surface area (Å²) in [5.41, 5.74) is 0.973. The molecule has 170 valence electrons. The Morgan fingerprint density at radius 2 is 1.88 bits per heavy atom. The van der Waals surface area contributed by atoms with Gasteiger partial charge in [-0.15, -0.1) is 0 Å². The molecule has 1 N–H and O–H groups in total. The molecule has 0 bridgehead atoms. The van der Waals surface area contributed by atoms with E-state index in [0.29, 0.717) is 28.6 Å². The quantitative estimate of drug-likeness (QED) is 0.570. The lowest BCUT2D eigenvalue weighted by atomic mass is 9.89. The summed E-state index contributed by atoms with van der Waals surface area (Å²) >= 11 is 0. The van der Waals surface area contributed by atoms with Crippen LogP contribution in [0.5, 0.6) is 5.88 Å². The number of benzene rings is 1. The maximum Gasteiger partial charge on any atom is 0.266 e. The van der Waals surface area contributed by atoms with Gasteiger partial charge in [0.1, 0.15) is 18.0 Å². The molecule has 0 unspecified atom stereocenters. The van der Waals surface area contributed by atoms with Crippen molar-refractivity contribution in [1.29, 1.82) is 0 Å². The molecule has 3 aromatic rings. The fourth-order valence-corrected chi connectivity index (χ4v) is 4.23. The first-order chi connectivity index (χ1) is 15.4. The zero-order chi connectivity index (χ0) is 22.8. The van der Waals surface area contributed by atoms with Crippen LogP contribution >= 0.6 is 0 Å². The number of fused-ring (bicyclic) bond motifs is 1. The number of likely N-dealkylation sites (tertiary alicyclic amines) is 1. The second-order valence-electron chi connectivity index (χ2n) is 8.18. The fraction of sp³-hybridized carbons (Fsp3) is 0.435.